The maximum atomic E-state index is 7.32. The first-order valence-corrected chi connectivity index (χ1v) is 18.5. The van der Waals surface area contributed by atoms with Crippen LogP contribution in [0.5, 0.6) is 23.0 Å². The van der Waals surface area contributed by atoms with Gasteiger partial charge >= 0.3 is 0 Å². The lowest BCUT2D eigenvalue weighted by molar-refractivity contribution is 0.361. The minimum Gasteiger partial charge on any atom is -0.449 e. The fraction of sp³-hybridized carbons (Fsp3) is 0.0196. The lowest BCUT2D eigenvalue weighted by Gasteiger charge is -2.32. The average Bonchev–Trinajstić information content (AvgIpc) is 3.71. The van der Waals surface area contributed by atoms with E-state index in [1.54, 1.807) is 0 Å². The zero-order valence-electron chi connectivity index (χ0n) is 29.2. The fourth-order valence-electron chi connectivity index (χ4n) is 9.46. The monoisotopic (exact) mass is 689 g/mol. The molecule has 0 aromatic heterocycles. The van der Waals surface area contributed by atoms with Crippen molar-refractivity contribution in [1.82, 2.24) is 0 Å². The minimum atomic E-state index is -0.473. The van der Waals surface area contributed by atoms with Gasteiger partial charge in [0.15, 0.2) is 23.0 Å². The summed E-state index contributed by atoms with van der Waals surface area (Å²) in [5, 5.41) is 4.73. The molecule has 3 nitrogen and oxygen atoms in total. The van der Waals surface area contributed by atoms with Crippen LogP contribution in [0.3, 0.4) is 0 Å². The quantitative estimate of drug-likeness (QED) is 0.184. The lowest BCUT2D eigenvalue weighted by Crippen LogP contribution is -2.25. The lowest BCUT2D eigenvalue weighted by atomic mass is 9.70. The molecule has 3 heteroatoms. The minimum absolute atomic E-state index is 0.473. The van der Waals surface area contributed by atoms with Crippen LogP contribution in [-0.4, -0.2) is 0 Å². The summed E-state index contributed by atoms with van der Waals surface area (Å²) >= 11 is 0. The van der Waals surface area contributed by atoms with Crippen LogP contribution in [-0.2, 0) is 5.41 Å². The van der Waals surface area contributed by atoms with E-state index in [9.17, 15) is 0 Å². The van der Waals surface area contributed by atoms with Gasteiger partial charge in [-0.1, -0.05) is 146 Å². The molecule has 0 radical (unpaired) electrons. The summed E-state index contributed by atoms with van der Waals surface area (Å²) in [6, 6.07) is 67.5. The Morgan fingerprint density at radius 1 is 0.352 bits per heavy atom. The number of anilines is 3. The van der Waals surface area contributed by atoms with E-state index in [1.165, 1.54) is 60.5 Å². The van der Waals surface area contributed by atoms with E-state index in [2.05, 4.69) is 187 Å². The number of benzene rings is 9. The van der Waals surface area contributed by atoms with Crippen LogP contribution >= 0.6 is 0 Å². The van der Waals surface area contributed by atoms with Crippen molar-refractivity contribution in [2.24, 2.45) is 0 Å². The molecule has 0 bridgehead atoms. The largest absolute Gasteiger partial charge is 0.449 e. The molecule has 0 saturated carbocycles. The van der Waals surface area contributed by atoms with Gasteiger partial charge in [0.25, 0.3) is 0 Å². The highest BCUT2D eigenvalue weighted by Crippen LogP contribution is 2.66. The molecule has 2 aliphatic carbocycles. The first-order chi connectivity index (χ1) is 26.8. The molecule has 0 unspecified atom stereocenters. The highest BCUT2D eigenvalue weighted by Gasteiger charge is 2.53. The molecule has 0 amide bonds. The first kappa shape index (κ1) is 29.5. The zero-order valence-corrected chi connectivity index (χ0v) is 29.2. The van der Waals surface area contributed by atoms with Gasteiger partial charge < -0.3 is 14.4 Å². The summed E-state index contributed by atoms with van der Waals surface area (Å²) in [4.78, 5) is 2.30. The van der Waals surface area contributed by atoms with Gasteiger partial charge in [-0.2, -0.15) is 0 Å². The van der Waals surface area contributed by atoms with E-state index in [0.29, 0.717) is 17.2 Å². The molecule has 54 heavy (non-hydrogen) atoms. The van der Waals surface area contributed by atoms with Crippen molar-refractivity contribution in [1.29, 1.82) is 0 Å². The molecule has 1 heterocycles. The number of fused-ring (bicyclic) bond motifs is 15. The Morgan fingerprint density at radius 3 is 1.50 bits per heavy atom. The second-order valence-corrected chi connectivity index (χ2v) is 14.4. The molecule has 0 fully saturated rings. The number of hydrogen-bond acceptors (Lipinski definition) is 3. The predicted octanol–water partition coefficient (Wildman–Crippen LogP) is 13.7. The Hall–Kier alpha value is -7.10. The third-order valence-electron chi connectivity index (χ3n) is 11.7. The second-order valence-electron chi connectivity index (χ2n) is 14.4. The molecule has 12 rings (SSSR count). The molecular weight excluding hydrogens is 659 g/mol. The summed E-state index contributed by atoms with van der Waals surface area (Å²) in [5.74, 6) is 2.83. The SMILES string of the molecule is c1ccc2c(c1)-c1ccccc1C21c2ccccc2-c2c1ccc1c2Oc2c(cccc2N(c2ccc3ccccc3c2)c2ccc3ccccc3c2)O1. The summed E-state index contributed by atoms with van der Waals surface area (Å²) in [6.07, 6.45) is 0. The van der Waals surface area contributed by atoms with Gasteiger partial charge in [0, 0.05) is 16.9 Å². The van der Waals surface area contributed by atoms with Crippen LogP contribution < -0.4 is 14.4 Å². The van der Waals surface area contributed by atoms with Crippen LogP contribution in [0, 0.1) is 0 Å². The number of para-hydroxylation sites is 1. The summed E-state index contributed by atoms with van der Waals surface area (Å²) in [7, 11) is 0. The number of hydrogen-bond donors (Lipinski definition) is 0. The van der Waals surface area contributed by atoms with Gasteiger partial charge in [-0.05, 0) is 103 Å². The van der Waals surface area contributed by atoms with Gasteiger partial charge in [0.1, 0.15) is 0 Å². The van der Waals surface area contributed by atoms with Crippen molar-refractivity contribution in [2.75, 3.05) is 4.90 Å². The molecule has 0 atom stereocenters. The van der Waals surface area contributed by atoms with E-state index < -0.39 is 5.41 Å². The molecule has 1 aliphatic heterocycles. The Balaban J connectivity index is 1.09. The van der Waals surface area contributed by atoms with Gasteiger partial charge in [0.2, 0.25) is 0 Å². The van der Waals surface area contributed by atoms with E-state index in [-0.39, 0.29) is 0 Å². The van der Waals surface area contributed by atoms with Crippen LogP contribution in [0.15, 0.2) is 188 Å². The molecule has 9 aromatic rings. The van der Waals surface area contributed by atoms with E-state index >= 15 is 0 Å². The maximum absolute atomic E-state index is 7.32. The third-order valence-corrected chi connectivity index (χ3v) is 11.7. The summed E-state index contributed by atoms with van der Waals surface area (Å²) in [5.41, 5.74) is 12.4. The molecule has 9 aromatic carbocycles. The zero-order chi connectivity index (χ0) is 35.4. The molecule has 1 spiro atoms. The van der Waals surface area contributed by atoms with Crippen molar-refractivity contribution in [3.63, 3.8) is 0 Å². The smallest absolute Gasteiger partial charge is 0.194 e. The first-order valence-electron chi connectivity index (χ1n) is 18.5. The Kier molecular flexibility index (Phi) is 5.98. The highest BCUT2D eigenvalue weighted by molar-refractivity contribution is 5.99. The van der Waals surface area contributed by atoms with Crippen LogP contribution in [0.25, 0.3) is 43.8 Å². The van der Waals surface area contributed by atoms with Gasteiger partial charge in [-0.15, -0.1) is 0 Å². The molecule has 0 saturated heterocycles. The van der Waals surface area contributed by atoms with E-state index in [4.69, 9.17) is 9.47 Å². The molecule has 0 N–H and O–H groups in total. The summed E-state index contributed by atoms with van der Waals surface area (Å²) < 4.78 is 14.2. The summed E-state index contributed by atoms with van der Waals surface area (Å²) in [6.45, 7) is 0. The topological polar surface area (TPSA) is 21.7 Å². The Morgan fingerprint density at radius 2 is 0.870 bits per heavy atom. The van der Waals surface area contributed by atoms with Crippen LogP contribution in [0.1, 0.15) is 22.3 Å². The van der Waals surface area contributed by atoms with Gasteiger partial charge in [-0.3, -0.25) is 0 Å². The normalized spacial score (nSPS) is 13.6. The van der Waals surface area contributed by atoms with Crippen LogP contribution in [0.2, 0.25) is 0 Å². The van der Waals surface area contributed by atoms with Crippen LogP contribution in [0.4, 0.5) is 17.1 Å². The predicted molar refractivity (Wildman–Crippen MR) is 219 cm³/mol. The Labute approximate surface area is 312 Å². The number of rotatable bonds is 3. The van der Waals surface area contributed by atoms with Crippen molar-refractivity contribution >= 4 is 38.6 Å². The second kappa shape index (κ2) is 11.0. The fourth-order valence-corrected chi connectivity index (χ4v) is 9.46. The molecule has 3 aliphatic rings. The standard InChI is InChI=1S/C51H31NO2/c1-3-14-34-30-36(26-24-32(34)12-1)52(37-27-25-33-13-2-4-15-35(33)31-37)45-22-11-23-46-49(45)54-50-47(53-46)29-28-44-48(50)40-18-7-10-21-43(40)51(44)41-19-8-5-16-38(41)39-17-6-9-20-42(39)51/h1-31H. The van der Waals surface area contributed by atoms with Gasteiger partial charge in [0.05, 0.1) is 11.1 Å². The molecular formula is C51H31NO2. The van der Waals surface area contributed by atoms with Crippen molar-refractivity contribution < 1.29 is 9.47 Å². The third kappa shape index (κ3) is 3.90. The Bertz CT molecular complexity index is 2910. The number of ether oxygens (including phenoxy) is 2. The highest BCUT2D eigenvalue weighted by atomic mass is 16.6. The van der Waals surface area contributed by atoms with Gasteiger partial charge in [-0.25, -0.2) is 0 Å². The van der Waals surface area contributed by atoms with Crippen molar-refractivity contribution in [3.8, 4) is 45.3 Å². The maximum Gasteiger partial charge on any atom is 0.194 e. The van der Waals surface area contributed by atoms with Crippen molar-refractivity contribution in [2.45, 2.75) is 5.41 Å². The van der Waals surface area contributed by atoms with E-state index in [0.717, 1.165) is 28.4 Å². The van der Waals surface area contributed by atoms with E-state index in [1.807, 2.05) is 6.07 Å². The van der Waals surface area contributed by atoms with Crippen molar-refractivity contribution in [3.05, 3.63) is 210 Å². The average molecular weight is 690 g/mol. The number of nitrogens with zero attached hydrogens (tertiary/aromatic N) is 1. The molecule has 252 valence electrons.